The summed E-state index contributed by atoms with van der Waals surface area (Å²) in [5, 5.41) is 11.9. The van der Waals surface area contributed by atoms with Crippen LogP contribution in [0.15, 0.2) is 30.3 Å². The van der Waals surface area contributed by atoms with Crippen LogP contribution in [-0.4, -0.2) is 47.6 Å². The summed E-state index contributed by atoms with van der Waals surface area (Å²) >= 11 is 0. The Morgan fingerprint density at radius 1 is 1.32 bits per heavy atom. The van der Waals surface area contributed by atoms with E-state index in [1.165, 1.54) is 4.90 Å². The van der Waals surface area contributed by atoms with Gasteiger partial charge in [0, 0.05) is 18.7 Å². The minimum absolute atomic E-state index is 0.0281. The summed E-state index contributed by atoms with van der Waals surface area (Å²) in [6.45, 7) is 0.0281. The van der Waals surface area contributed by atoms with E-state index in [2.05, 4.69) is 5.32 Å². The van der Waals surface area contributed by atoms with E-state index < -0.39 is 0 Å². The normalized spacial score (nSPS) is 21.4. The SMILES string of the molecule is CN(CC(=O)NC1CC(O)C1)C(=O)c1ccccc1. The number of hydrogen-bond acceptors (Lipinski definition) is 3. The number of amides is 2. The lowest BCUT2D eigenvalue weighted by molar-refractivity contribution is -0.123. The molecule has 0 bridgehead atoms. The van der Waals surface area contributed by atoms with Gasteiger partial charge in [0.05, 0.1) is 12.6 Å². The fourth-order valence-electron chi connectivity index (χ4n) is 2.07. The van der Waals surface area contributed by atoms with Crippen molar-refractivity contribution in [2.45, 2.75) is 25.0 Å². The molecule has 2 rings (SSSR count). The summed E-state index contributed by atoms with van der Waals surface area (Å²) in [5.74, 6) is -0.368. The molecule has 1 aliphatic carbocycles. The number of aliphatic hydroxyl groups excluding tert-OH is 1. The zero-order valence-corrected chi connectivity index (χ0v) is 10.9. The highest BCUT2D eigenvalue weighted by Crippen LogP contribution is 2.19. The fraction of sp³-hybridized carbons (Fsp3) is 0.429. The van der Waals surface area contributed by atoms with E-state index in [0.29, 0.717) is 18.4 Å². The average molecular weight is 262 g/mol. The third-order valence-corrected chi connectivity index (χ3v) is 3.23. The highest BCUT2D eigenvalue weighted by molar-refractivity contribution is 5.96. The minimum Gasteiger partial charge on any atom is -0.393 e. The van der Waals surface area contributed by atoms with Gasteiger partial charge in [0.1, 0.15) is 0 Å². The molecule has 0 heterocycles. The maximum absolute atomic E-state index is 12.0. The van der Waals surface area contributed by atoms with Crippen molar-refractivity contribution in [3.63, 3.8) is 0 Å². The van der Waals surface area contributed by atoms with Crippen molar-refractivity contribution in [3.8, 4) is 0 Å². The van der Waals surface area contributed by atoms with Crippen LogP contribution in [0.4, 0.5) is 0 Å². The van der Waals surface area contributed by atoms with Crippen LogP contribution in [0.1, 0.15) is 23.2 Å². The molecule has 2 N–H and O–H groups in total. The predicted octanol–water partition coefficient (Wildman–Crippen LogP) is 0.398. The molecule has 0 aliphatic heterocycles. The first kappa shape index (κ1) is 13.5. The van der Waals surface area contributed by atoms with Crippen molar-refractivity contribution >= 4 is 11.8 Å². The highest BCUT2D eigenvalue weighted by atomic mass is 16.3. The zero-order valence-electron chi connectivity index (χ0n) is 10.9. The van der Waals surface area contributed by atoms with E-state index in [0.717, 1.165) is 0 Å². The summed E-state index contributed by atoms with van der Waals surface area (Å²) in [6, 6.07) is 8.90. The number of aliphatic hydroxyl groups is 1. The van der Waals surface area contributed by atoms with Gasteiger partial charge in [0.15, 0.2) is 0 Å². The number of carbonyl (C=O) groups excluding carboxylic acids is 2. The number of carbonyl (C=O) groups is 2. The number of hydrogen-bond donors (Lipinski definition) is 2. The van der Waals surface area contributed by atoms with Gasteiger partial charge in [-0.2, -0.15) is 0 Å². The van der Waals surface area contributed by atoms with Crippen LogP contribution < -0.4 is 5.32 Å². The van der Waals surface area contributed by atoms with Crippen molar-refractivity contribution in [1.82, 2.24) is 10.2 Å². The summed E-state index contributed by atoms with van der Waals surface area (Å²) < 4.78 is 0. The zero-order chi connectivity index (χ0) is 13.8. The van der Waals surface area contributed by atoms with E-state index in [-0.39, 0.29) is 30.5 Å². The number of nitrogens with one attached hydrogen (secondary N) is 1. The molecule has 0 atom stereocenters. The van der Waals surface area contributed by atoms with E-state index >= 15 is 0 Å². The smallest absolute Gasteiger partial charge is 0.254 e. The molecule has 102 valence electrons. The van der Waals surface area contributed by atoms with E-state index in [1.54, 1.807) is 31.3 Å². The third kappa shape index (κ3) is 3.54. The Kier molecular flexibility index (Phi) is 4.16. The molecule has 0 radical (unpaired) electrons. The van der Waals surface area contributed by atoms with Crippen LogP contribution >= 0.6 is 0 Å². The molecule has 5 heteroatoms. The fourth-order valence-corrected chi connectivity index (χ4v) is 2.07. The van der Waals surface area contributed by atoms with Crippen LogP contribution in [-0.2, 0) is 4.79 Å². The first-order valence-electron chi connectivity index (χ1n) is 6.34. The Labute approximate surface area is 112 Å². The van der Waals surface area contributed by atoms with Crippen LogP contribution in [0.3, 0.4) is 0 Å². The summed E-state index contributed by atoms with van der Waals surface area (Å²) in [6.07, 6.45) is 0.901. The maximum atomic E-state index is 12.0. The van der Waals surface area contributed by atoms with Crippen LogP contribution in [0.2, 0.25) is 0 Å². The second kappa shape index (κ2) is 5.84. The Balaban J connectivity index is 1.82. The maximum Gasteiger partial charge on any atom is 0.254 e. The minimum atomic E-state index is -0.297. The third-order valence-electron chi connectivity index (χ3n) is 3.23. The lowest BCUT2D eigenvalue weighted by Gasteiger charge is -2.32. The van der Waals surface area contributed by atoms with Gasteiger partial charge in [-0.1, -0.05) is 18.2 Å². The standard InChI is InChI=1S/C14H18N2O3/c1-16(14(19)10-5-3-2-4-6-10)9-13(18)15-11-7-12(17)8-11/h2-6,11-12,17H,7-9H2,1H3,(H,15,18). The van der Waals surface area contributed by atoms with Gasteiger partial charge in [0.25, 0.3) is 5.91 Å². The largest absolute Gasteiger partial charge is 0.393 e. The first-order valence-corrected chi connectivity index (χ1v) is 6.34. The predicted molar refractivity (Wildman–Crippen MR) is 70.6 cm³/mol. The van der Waals surface area contributed by atoms with Crippen LogP contribution in [0.5, 0.6) is 0 Å². The molecule has 1 fully saturated rings. The van der Waals surface area contributed by atoms with Gasteiger partial charge in [-0.3, -0.25) is 9.59 Å². The Bertz CT molecular complexity index is 455. The summed E-state index contributed by atoms with van der Waals surface area (Å²) in [7, 11) is 1.60. The molecule has 0 saturated heterocycles. The highest BCUT2D eigenvalue weighted by Gasteiger charge is 2.28. The molecule has 1 aromatic carbocycles. The lowest BCUT2D eigenvalue weighted by atomic mass is 9.89. The lowest BCUT2D eigenvalue weighted by Crippen LogP contribution is -2.49. The number of likely N-dealkylation sites (N-methyl/N-ethyl adjacent to an activating group) is 1. The molecule has 0 spiro atoms. The van der Waals surface area contributed by atoms with E-state index in [1.807, 2.05) is 6.07 Å². The van der Waals surface area contributed by atoms with Gasteiger partial charge in [-0.05, 0) is 25.0 Å². The molecular formula is C14H18N2O3. The molecule has 1 aromatic rings. The molecular weight excluding hydrogens is 244 g/mol. The van der Waals surface area contributed by atoms with Gasteiger partial charge in [-0.15, -0.1) is 0 Å². The van der Waals surface area contributed by atoms with Crippen LogP contribution in [0.25, 0.3) is 0 Å². The van der Waals surface area contributed by atoms with Gasteiger partial charge >= 0.3 is 0 Å². The molecule has 2 amide bonds. The number of benzene rings is 1. The molecule has 5 nitrogen and oxygen atoms in total. The summed E-state index contributed by atoms with van der Waals surface area (Å²) in [5.41, 5.74) is 0.567. The molecule has 1 aliphatic rings. The van der Waals surface area contributed by atoms with E-state index in [4.69, 9.17) is 5.11 Å². The van der Waals surface area contributed by atoms with Gasteiger partial charge in [0.2, 0.25) is 5.91 Å². The Morgan fingerprint density at radius 2 is 1.95 bits per heavy atom. The summed E-state index contributed by atoms with van der Waals surface area (Å²) in [4.78, 5) is 25.1. The van der Waals surface area contributed by atoms with Crippen molar-refractivity contribution in [1.29, 1.82) is 0 Å². The number of nitrogens with zero attached hydrogens (tertiary/aromatic N) is 1. The Morgan fingerprint density at radius 3 is 2.53 bits per heavy atom. The van der Waals surface area contributed by atoms with Crippen molar-refractivity contribution in [3.05, 3.63) is 35.9 Å². The molecule has 19 heavy (non-hydrogen) atoms. The molecule has 0 aromatic heterocycles. The second-order valence-corrected chi connectivity index (χ2v) is 4.92. The molecule has 0 unspecified atom stereocenters. The van der Waals surface area contributed by atoms with Crippen molar-refractivity contribution in [2.24, 2.45) is 0 Å². The van der Waals surface area contributed by atoms with Crippen molar-refractivity contribution < 1.29 is 14.7 Å². The average Bonchev–Trinajstić information content (AvgIpc) is 2.37. The Hall–Kier alpha value is -1.88. The second-order valence-electron chi connectivity index (χ2n) is 4.92. The van der Waals surface area contributed by atoms with Gasteiger partial charge < -0.3 is 15.3 Å². The number of rotatable bonds is 4. The monoisotopic (exact) mass is 262 g/mol. The first-order chi connectivity index (χ1) is 9.06. The van der Waals surface area contributed by atoms with Crippen LogP contribution in [0, 0.1) is 0 Å². The van der Waals surface area contributed by atoms with E-state index in [9.17, 15) is 9.59 Å². The quantitative estimate of drug-likeness (QED) is 0.825. The van der Waals surface area contributed by atoms with Gasteiger partial charge in [-0.25, -0.2) is 0 Å². The topological polar surface area (TPSA) is 69.6 Å². The van der Waals surface area contributed by atoms with Crippen molar-refractivity contribution in [2.75, 3.05) is 13.6 Å². The molecule has 1 saturated carbocycles.